The van der Waals surface area contributed by atoms with E-state index in [0.717, 1.165) is 23.7 Å². The zero-order valence-corrected chi connectivity index (χ0v) is 9.91. The number of aromatic nitrogens is 2. The second-order valence-corrected chi connectivity index (χ2v) is 5.54. The van der Waals surface area contributed by atoms with Gasteiger partial charge in [-0.1, -0.05) is 0 Å². The lowest BCUT2D eigenvalue weighted by Gasteiger charge is -2.03. The molecule has 0 bridgehead atoms. The molecule has 1 aliphatic heterocycles. The van der Waals surface area contributed by atoms with Crippen LogP contribution in [0.15, 0.2) is 24.5 Å². The molecule has 1 fully saturated rings. The van der Waals surface area contributed by atoms with E-state index < -0.39 is 0 Å². The molecule has 0 aromatic carbocycles. The lowest BCUT2D eigenvalue weighted by molar-refractivity contribution is 0.589. The first-order chi connectivity index (χ1) is 7.81. The first-order valence-electron chi connectivity index (χ1n) is 5.62. The first kappa shape index (κ1) is 10.0. The summed E-state index contributed by atoms with van der Waals surface area (Å²) < 4.78 is 2.02. The van der Waals surface area contributed by atoms with Crippen LogP contribution in [0.3, 0.4) is 0 Å². The van der Waals surface area contributed by atoms with Crippen molar-refractivity contribution >= 4 is 23.1 Å². The maximum Gasteiger partial charge on any atom is 0.137 e. The second kappa shape index (κ2) is 4.01. The van der Waals surface area contributed by atoms with Gasteiger partial charge >= 0.3 is 0 Å². The van der Waals surface area contributed by atoms with Gasteiger partial charge in [-0.05, 0) is 42.4 Å². The van der Waals surface area contributed by atoms with E-state index in [1.807, 2.05) is 22.7 Å². The van der Waals surface area contributed by atoms with Gasteiger partial charge in [0.1, 0.15) is 5.65 Å². The lowest BCUT2D eigenvalue weighted by Crippen LogP contribution is -2.02. The van der Waals surface area contributed by atoms with Crippen LogP contribution in [-0.4, -0.2) is 20.9 Å². The zero-order chi connectivity index (χ0) is 11.0. The normalized spacial score (nSPS) is 20.6. The van der Waals surface area contributed by atoms with E-state index in [1.165, 1.54) is 23.6 Å². The highest BCUT2D eigenvalue weighted by Crippen LogP contribution is 2.26. The molecule has 0 aliphatic carbocycles. The average molecular weight is 233 g/mol. The summed E-state index contributed by atoms with van der Waals surface area (Å²) in [6.07, 6.45) is 6.47. The Morgan fingerprint density at radius 3 is 3.19 bits per heavy atom. The number of hydrogen-bond donors (Lipinski definition) is 1. The molecule has 0 amide bonds. The summed E-state index contributed by atoms with van der Waals surface area (Å²) in [5.41, 5.74) is 8.72. The Hall–Kier alpha value is -1.16. The third kappa shape index (κ3) is 1.89. The van der Waals surface area contributed by atoms with Gasteiger partial charge in [-0.2, -0.15) is 11.8 Å². The van der Waals surface area contributed by atoms with E-state index in [1.54, 1.807) is 0 Å². The Kier molecular flexibility index (Phi) is 2.52. The Morgan fingerprint density at radius 2 is 2.38 bits per heavy atom. The van der Waals surface area contributed by atoms with Crippen molar-refractivity contribution in [3.8, 4) is 0 Å². The molecule has 3 heterocycles. The average Bonchev–Trinajstić information content (AvgIpc) is 2.86. The number of rotatable bonds is 2. The van der Waals surface area contributed by atoms with Gasteiger partial charge < -0.3 is 10.1 Å². The van der Waals surface area contributed by atoms with E-state index in [9.17, 15) is 0 Å². The lowest BCUT2D eigenvalue weighted by atomic mass is 10.0. The molecule has 1 unspecified atom stereocenters. The van der Waals surface area contributed by atoms with Crippen LogP contribution in [0.1, 0.15) is 12.1 Å². The largest absolute Gasteiger partial charge is 0.398 e. The fourth-order valence-corrected chi connectivity index (χ4v) is 3.48. The summed E-state index contributed by atoms with van der Waals surface area (Å²) in [6.45, 7) is 0. The molecule has 3 rings (SSSR count). The molecule has 3 nitrogen and oxygen atoms in total. The molecule has 84 valence electrons. The third-order valence-corrected chi connectivity index (χ3v) is 4.28. The van der Waals surface area contributed by atoms with E-state index in [0.29, 0.717) is 0 Å². The molecule has 1 aliphatic rings. The van der Waals surface area contributed by atoms with Crippen LogP contribution in [0.4, 0.5) is 5.69 Å². The van der Waals surface area contributed by atoms with Crippen LogP contribution >= 0.6 is 11.8 Å². The van der Waals surface area contributed by atoms with Gasteiger partial charge in [-0.25, -0.2) is 4.98 Å². The number of nitrogens with zero attached hydrogens (tertiary/aromatic N) is 2. The molecular formula is C12H15N3S. The van der Waals surface area contributed by atoms with Gasteiger partial charge in [0, 0.05) is 18.1 Å². The fraction of sp³-hybridized carbons (Fsp3) is 0.417. The molecule has 0 radical (unpaired) electrons. The molecule has 1 saturated heterocycles. The smallest absolute Gasteiger partial charge is 0.137 e. The molecule has 1 atom stereocenters. The molecule has 16 heavy (non-hydrogen) atoms. The summed E-state index contributed by atoms with van der Waals surface area (Å²) in [4.78, 5) is 4.62. The molecule has 0 spiro atoms. The summed E-state index contributed by atoms with van der Waals surface area (Å²) >= 11 is 2.06. The summed E-state index contributed by atoms with van der Waals surface area (Å²) in [5, 5.41) is 0. The maximum atomic E-state index is 5.74. The highest BCUT2D eigenvalue weighted by Gasteiger charge is 2.17. The van der Waals surface area contributed by atoms with E-state index in [4.69, 9.17) is 5.73 Å². The van der Waals surface area contributed by atoms with Gasteiger partial charge in [0.05, 0.1) is 5.69 Å². The molecule has 2 N–H and O–H groups in total. The van der Waals surface area contributed by atoms with Crippen molar-refractivity contribution < 1.29 is 0 Å². The van der Waals surface area contributed by atoms with Crippen LogP contribution in [0, 0.1) is 5.92 Å². The zero-order valence-electron chi connectivity index (χ0n) is 9.10. The van der Waals surface area contributed by atoms with Crippen molar-refractivity contribution in [2.75, 3.05) is 17.2 Å². The monoisotopic (exact) mass is 233 g/mol. The van der Waals surface area contributed by atoms with Crippen molar-refractivity contribution in [2.24, 2.45) is 5.92 Å². The van der Waals surface area contributed by atoms with Gasteiger partial charge in [-0.3, -0.25) is 0 Å². The van der Waals surface area contributed by atoms with Gasteiger partial charge in [0.15, 0.2) is 0 Å². The van der Waals surface area contributed by atoms with Gasteiger partial charge in [0.25, 0.3) is 0 Å². The van der Waals surface area contributed by atoms with Crippen LogP contribution in [0.2, 0.25) is 0 Å². The number of anilines is 1. The predicted molar refractivity (Wildman–Crippen MR) is 68.7 cm³/mol. The van der Waals surface area contributed by atoms with Crippen molar-refractivity contribution in [3.05, 3.63) is 30.2 Å². The summed E-state index contributed by atoms with van der Waals surface area (Å²) in [5.74, 6) is 3.41. The minimum absolute atomic E-state index is 0.785. The standard InChI is InChI=1S/C12H15N3S/c13-10-1-2-12-14-11(7-15(12)6-10)5-9-3-4-16-8-9/h1-2,6-7,9H,3-5,8,13H2. The fourth-order valence-electron chi connectivity index (χ4n) is 2.20. The van der Waals surface area contributed by atoms with Gasteiger partial charge in [-0.15, -0.1) is 0 Å². The minimum atomic E-state index is 0.785. The summed E-state index contributed by atoms with van der Waals surface area (Å²) in [7, 11) is 0. The number of nitrogen functional groups attached to an aromatic ring is 1. The number of pyridine rings is 1. The third-order valence-electron chi connectivity index (χ3n) is 3.05. The first-order valence-corrected chi connectivity index (χ1v) is 6.77. The second-order valence-electron chi connectivity index (χ2n) is 4.39. The van der Waals surface area contributed by atoms with E-state index in [-0.39, 0.29) is 0 Å². The number of thioether (sulfide) groups is 1. The van der Waals surface area contributed by atoms with Crippen LogP contribution in [0.25, 0.3) is 5.65 Å². The van der Waals surface area contributed by atoms with Crippen molar-refractivity contribution in [1.29, 1.82) is 0 Å². The molecule has 2 aromatic rings. The Labute approximate surface area is 99.1 Å². The van der Waals surface area contributed by atoms with Crippen LogP contribution in [-0.2, 0) is 6.42 Å². The molecular weight excluding hydrogens is 218 g/mol. The van der Waals surface area contributed by atoms with Crippen molar-refractivity contribution in [1.82, 2.24) is 9.38 Å². The minimum Gasteiger partial charge on any atom is -0.398 e. The number of imidazole rings is 1. The summed E-state index contributed by atoms with van der Waals surface area (Å²) in [6, 6.07) is 3.87. The number of fused-ring (bicyclic) bond motifs is 1. The molecule has 4 heteroatoms. The van der Waals surface area contributed by atoms with Crippen LogP contribution in [0.5, 0.6) is 0 Å². The van der Waals surface area contributed by atoms with Gasteiger partial charge in [0.2, 0.25) is 0 Å². The Morgan fingerprint density at radius 1 is 1.44 bits per heavy atom. The number of hydrogen-bond acceptors (Lipinski definition) is 3. The highest BCUT2D eigenvalue weighted by atomic mass is 32.2. The predicted octanol–water partition coefficient (Wildman–Crippen LogP) is 2.21. The van der Waals surface area contributed by atoms with E-state index >= 15 is 0 Å². The molecule has 0 saturated carbocycles. The number of nitrogens with two attached hydrogens (primary N) is 1. The van der Waals surface area contributed by atoms with Crippen molar-refractivity contribution in [3.63, 3.8) is 0 Å². The Balaban J connectivity index is 1.86. The van der Waals surface area contributed by atoms with E-state index in [2.05, 4.69) is 22.9 Å². The Bertz CT molecular complexity index is 500. The SMILES string of the molecule is Nc1ccc2nc(CC3CCSC3)cn2c1. The van der Waals surface area contributed by atoms with Crippen LogP contribution < -0.4 is 5.73 Å². The topological polar surface area (TPSA) is 43.3 Å². The highest BCUT2D eigenvalue weighted by molar-refractivity contribution is 7.99. The van der Waals surface area contributed by atoms with Crippen molar-refractivity contribution in [2.45, 2.75) is 12.8 Å². The maximum absolute atomic E-state index is 5.74. The molecule has 2 aromatic heterocycles. The quantitative estimate of drug-likeness (QED) is 0.865.